The molecule has 1 spiro atoms. The molecule has 2 aromatic heterocycles. The van der Waals surface area contributed by atoms with E-state index in [1.807, 2.05) is 55.6 Å². The van der Waals surface area contributed by atoms with Gasteiger partial charge in [-0.25, -0.2) is 9.37 Å². The largest absolute Gasteiger partial charge is 0.381 e. The number of ether oxygens (including phenoxy) is 1. The summed E-state index contributed by atoms with van der Waals surface area (Å²) in [6.45, 7) is 5.58. The van der Waals surface area contributed by atoms with Gasteiger partial charge in [0.05, 0.1) is 16.1 Å². The highest BCUT2D eigenvalue weighted by Crippen LogP contribution is 2.45. The number of halogens is 1. The molecule has 5 aromatic rings. The average Bonchev–Trinajstić information content (AvgIpc) is 3.97. The topological polar surface area (TPSA) is 91.8 Å². The number of carbonyl (C=O) groups excluding carboxylic acids is 3. The molecule has 0 radical (unpaired) electrons. The number of hydrogen-bond acceptors (Lipinski definition) is 7. The van der Waals surface area contributed by atoms with Gasteiger partial charge in [-0.1, -0.05) is 30.3 Å². The predicted octanol–water partition coefficient (Wildman–Crippen LogP) is 8.63. The third-order valence-electron chi connectivity index (χ3n) is 11.5. The number of anilines is 3. The quantitative estimate of drug-likeness (QED) is 0.160. The summed E-state index contributed by atoms with van der Waals surface area (Å²) in [6, 6.07) is 23.6. The summed E-state index contributed by atoms with van der Waals surface area (Å²) < 4.78 is 20.1. The van der Waals surface area contributed by atoms with Gasteiger partial charge in [0.25, 0.3) is 11.8 Å². The highest BCUT2D eigenvalue weighted by Gasteiger charge is 2.45. The molecule has 3 aliphatic heterocycles. The summed E-state index contributed by atoms with van der Waals surface area (Å²) in [5, 5.41) is 3.08. The molecule has 5 heterocycles. The first-order valence-electron chi connectivity index (χ1n) is 18.8. The third kappa shape index (κ3) is 6.51. The molecule has 54 heavy (non-hydrogen) atoms. The van der Waals surface area contributed by atoms with Gasteiger partial charge in [-0.15, -0.1) is 11.3 Å². The summed E-state index contributed by atoms with van der Waals surface area (Å²) in [4.78, 5) is 51.7. The van der Waals surface area contributed by atoms with Gasteiger partial charge in [0.15, 0.2) is 5.78 Å². The van der Waals surface area contributed by atoms with Gasteiger partial charge in [-0.2, -0.15) is 0 Å². The van der Waals surface area contributed by atoms with E-state index in [0.29, 0.717) is 46.1 Å². The van der Waals surface area contributed by atoms with Crippen LogP contribution in [0, 0.1) is 18.2 Å². The van der Waals surface area contributed by atoms with Crippen LogP contribution in [0.3, 0.4) is 0 Å². The average molecular weight is 741 g/mol. The zero-order valence-electron chi connectivity index (χ0n) is 30.2. The molecule has 3 fully saturated rings. The molecular formula is C44H41FN4O4S. The molecule has 0 unspecified atom stereocenters. The summed E-state index contributed by atoms with van der Waals surface area (Å²) in [6.07, 6.45) is 6.82. The number of thiophene rings is 1. The van der Waals surface area contributed by atoms with Crippen molar-refractivity contribution in [2.75, 3.05) is 48.0 Å². The highest BCUT2D eigenvalue weighted by atomic mass is 32.1. The molecular weight excluding hydrogens is 700 g/mol. The van der Waals surface area contributed by atoms with Crippen LogP contribution in [-0.4, -0.2) is 55.4 Å². The zero-order valence-corrected chi connectivity index (χ0v) is 31.0. The molecule has 2 saturated heterocycles. The second-order valence-corrected chi connectivity index (χ2v) is 16.3. The van der Waals surface area contributed by atoms with E-state index in [0.717, 1.165) is 90.6 Å². The maximum absolute atomic E-state index is 14.5. The standard InChI is InChI=1S/C44H41FN4O4S/c1-27-5-4-7-36(45)34(27)23-38(50)39-22-30-15-18-49(37-8-3-2-6-33(37)40(30)54-39)43(52)29-11-13-32(14-12-29)47-42(51)35-21-31(28-9-10-28)24-46-41(35)48-25-44(26-48)16-19-53-20-17-44/h2-8,11-14,21-22,24,28H,9-10,15-20,23,25-26H2,1H3,(H,47,51). The monoisotopic (exact) mass is 740 g/mol. The smallest absolute Gasteiger partial charge is 0.259 e. The zero-order chi connectivity index (χ0) is 37.0. The lowest BCUT2D eigenvalue weighted by Crippen LogP contribution is -2.59. The van der Waals surface area contributed by atoms with Crippen molar-refractivity contribution >= 4 is 46.1 Å². The molecule has 1 aliphatic carbocycles. The number of nitrogens with zero attached hydrogens (tertiary/aromatic N) is 3. The van der Waals surface area contributed by atoms with Crippen LogP contribution < -0.4 is 15.1 Å². The first kappa shape index (κ1) is 34.6. The predicted molar refractivity (Wildman–Crippen MR) is 210 cm³/mol. The second kappa shape index (κ2) is 13.9. The van der Waals surface area contributed by atoms with Crippen molar-refractivity contribution < 1.29 is 23.5 Å². The van der Waals surface area contributed by atoms with Crippen LogP contribution in [0.4, 0.5) is 21.6 Å². The Morgan fingerprint density at radius 3 is 2.52 bits per heavy atom. The van der Waals surface area contributed by atoms with Crippen LogP contribution in [0.15, 0.2) is 85.1 Å². The van der Waals surface area contributed by atoms with Crippen molar-refractivity contribution in [3.8, 4) is 10.4 Å². The molecule has 0 atom stereocenters. The molecule has 8 nitrogen and oxygen atoms in total. The fraction of sp³-hybridized carbons (Fsp3) is 0.318. The number of amides is 2. The lowest BCUT2D eigenvalue weighted by molar-refractivity contribution is -0.000512. The van der Waals surface area contributed by atoms with Gasteiger partial charge in [0.1, 0.15) is 11.6 Å². The van der Waals surface area contributed by atoms with Crippen molar-refractivity contribution in [3.63, 3.8) is 0 Å². The van der Waals surface area contributed by atoms with Crippen molar-refractivity contribution in [1.82, 2.24) is 4.98 Å². The Balaban J connectivity index is 0.914. The van der Waals surface area contributed by atoms with Gasteiger partial charge in [0.2, 0.25) is 0 Å². The van der Waals surface area contributed by atoms with E-state index in [-0.39, 0.29) is 35.3 Å². The molecule has 10 heteroatoms. The number of aryl methyl sites for hydroxylation is 1. The Kier molecular flexibility index (Phi) is 8.90. The number of para-hydroxylation sites is 1. The Morgan fingerprint density at radius 2 is 1.76 bits per heavy atom. The van der Waals surface area contributed by atoms with Gasteiger partial charge < -0.3 is 19.9 Å². The maximum atomic E-state index is 14.5. The van der Waals surface area contributed by atoms with Crippen LogP contribution >= 0.6 is 11.3 Å². The van der Waals surface area contributed by atoms with E-state index < -0.39 is 0 Å². The number of nitrogens with one attached hydrogen (secondary N) is 1. The van der Waals surface area contributed by atoms with Crippen LogP contribution in [0.1, 0.15) is 84.2 Å². The normalized spacial score (nSPS) is 17.3. The fourth-order valence-corrected chi connectivity index (χ4v) is 9.38. The van der Waals surface area contributed by atoms with Gasteiger partial charge in [0, 0.05) is 72.6 Å². The first-order valence-corrected chi connectivity index (χ1v) is 19.6. The molecule has 4 aliphatic rings. The van der Waals surface area contributed by atoms with E-state index in [1.54, 1.807) is 35.2 Å². The Morgan fingerprint density at radius 1 is 0.981 bits per heavy atom. The lowest BCUT2D eigenvalue weighted by atomic mass is 9.73. The minimum atomic E-state index is -0.368. The molecule has 1 N–H and O–H groups in total. The van der Waals surface area contributed by atoms with Gasteiger partial charge >= 0.3 is 0 Å². The number of hydrogen-bond donors (Lipinski definition) is 1. The van der Waals surface area contributed by atoms with Gasteiger partial charge in [-0.05, 0) is 116 Å². The molecule has 274 valence electrons. The third-order valence-corrected chi connectivity index (χ3v) is 12.8. The maximum Gasteiger partial charge on any atom is 0.259 e. The van der Waals surface area contributed by atoms with Crippen LogP contribution in [0.5, 0.6) is 0 Å². The molecule has 0 bridgehead atoms. The van der Waals surface area contributed by atoms with Crippen LogP contribution in [0.25, 0.3) is 10.4 Å². The number of fused-ring (bicyclic) bond motifs is 3. The molecule has 1 saturated carbocycles. The van der Waals surface area contributed by atoms with Crippen LogP contribution in [0.2, 0.25) is 0 Å². The number of aromatic nitrogens is 1. The summed E-state index contributed by atoms with van der Waals surface area (Å²) in [5.41, 5.74) is 6.88. The van der Waals surface area contributed by atoms with Gasteiger partial charge in [-0.3, -0.25) is 14.4 Å². The number of benzene rings is 3. The van der Waals surface area contributed by atoms with E-state index in [1.165, 1.54) is 17.4 Å². The number of Topliss-reactive ketones (excluding diaryl/α,β-unsaturated/α-hetero) is 1. The molecule has 2 amide bonds. The fourth-order valence-electron chi connectivity index (χ4n) is 8.20. The lowest BCUT2D eigenvalue weighted by Gasteiger charge is -2.53. The van der Waals surface area contributed by atoms with Crippen molar-refractivity contribution in [2.45, 2.75) is 51.4 Å². The van der Waals surface area contributed by atoms with Crippen molar-refractivity contribution in [2.24, 2.45) is 5.41 Å². The minimum absolute atomic E-state index is 0.000767. The van der Waals surface area contributed by atoms with E-state index in [9.17, 15) is 18.8 Å². The SMILES string of the molecule is Cc1cccc(F)c1CC(=O)c1cc2c(s1)-c1ccccc1N(C(=O)c1ccc(NC(=O)c3cc(C4CC4)cnc3N3CC4(CCOCC4)C3)cc1)CC2. The number of ketones is 1. The summed E-state index contributed by atoms with van der Waals surface area (Å²) >= 11 is 1.40. The second-order valence-electron chi connectivity index (χ2n) is 15.2. The molecule has 9 rings (SSSR count). The molecule has 3 aromatic carbocycles. The van der Waals surface area contributed by atoms with E-state index in [2.05, 4.69) is 10.2 Å². The number of carbonyl (C=O) groups is 3. The summed E-state index contributed by atoms with van der Waals surface area (Å²) in [7, 11) is 0. The Bertz CT molecular complexity index is 2260. The van der Waals surface area contributed by atoms with E-state index >= 15 is 0 Å². The Labute approximate surface area is 318 Å². The van der Waals surface area contributed by atoms with Crippen molar-refractivity contribution in [1.29, 1.82) is 0 Å². The van der Waals surface area contributed by atoms with Crippen molar-refractivity contribution in [3.05, 3.63) is 129 Å². The minimum Gasteiger partial charge on any atom is -0.381 e. The Hall–Kier alpha value is -5.19. The van der Waals surface area contributed by atoms with Crippen LogP contribution in [-0.2, 0) is 17.6 Å². The number of pyridine rings is 1. The highest BCUT2D eigenvalue weighted by molar-refractivity contribution is 7.17. The number of rotatable bonds is 8. The first-order chi connectivity index (χ1) is 26.2. The van der Waals surface area contributed by atoms with E-state index in [4.69, 9.17) is 9.72 Å². The summed E-state index contributed by atoms with van der Waals surface area (Å²) in [5.74, 6) is 0.354.